The second kappa shape index (κ2) is 6.85. The lowest BCUT2D eigenvalue weighted by atomic mass is 9.96. The van der Waals surface area contributed by atoms with Crippen molar-refractivity contribution in [2.45, 2.75) is 24.9 Å². The normalized spacial score (nSPS) is 14.1. The lowest BCUT2D eigenvalue weighted by Gasteiger charge is -2.20. The molecule has 0 saturated carbocycles. The number of ether oxygens (including phenoxy) is 1. The van der Waals surface area contributed by atoms with Crippen LogP contribution < -0.4 is 0 Å². The molecule has 1 atom stereocenters. The largest absolute Gasteiger partial charge is 0.464 e. The highest BCUT2D eigenvalue weighted by Gasteiger charge is 2.34. The van der Waals surface area contributed by atoms with Crippen molar-refractivity contribution in [3.63, 3.8) is 0 Å². The second-order valence-corrected chi connectivity index (χ2v) is 6.13. The van der Waals surface area contributed by atoms with Crippen LogP contribution in [-0.2, 0) is 20.6 Å². The van der Waals surface area contributed by atoms with Crippen molar-refractivity contribution in [3.8, 4) is 11.1 Å². The Kier molecular flexibility index (Phi) is 5.23. The van der Waals surface area contributed by atoms with Gasteiger partial charge in [0, 0.05) is 0 Å². The summed E-state index contributed by atoms with van der Waals surface area (Å²) in [4.78, 5) is 10.6. The van der Waals surface area contributed by atoms with E-state index in [2.05, 4.69) is 0 Å². The van der Waals surface area contributed by atoms with Gasteiger partial charge in [-0.2, -0.15) is 13.2 Å². The summed E-state index contributed by atoms with van der Waals surface area (Å²) in [5.74, 6) is -0.547. The van der Waals surface area contributed by atoms with Crippen LogP contribution in [0.25, 0.3) is 11.1 Å². The Morgan fingerprint density at radius 2 is 1.38 bits per heavy atom. The lowest BCUT2D eigenvalue weighted by molar-refractivity contribution is -0.146. The summed E-state index contributed by atoms with van der Waals surface area (Å²) in [6, 6.07) is 11.6. The fourth-order valence-corrected chi connectivity index (χ4v) is 2.39. The fourth-order valence-electron chi connectivity index (χ4n) is 2.21. The van der Waals surface area contributed by atoms with Crippen LogP contribution in [0, 0.1) is 0 Å². The maximum atomic E-state index is 12.6. The molecule has 2 nitrogen and oxygen atoms in total. The van der Waals surface area contributed by atoms with Crippen LogP contribution in [0.2, 0.25) is 0 Å². The first-order valence-corrected chi connectivity index (χ1v) is 7.68. The van der Waals surface area contributed by atoms with E-state index >= 15 is 0 Å². The molecule has 0 aliphatic heterocycles. The van der Waals surface area contributed by atoms with Gasteiger partial charge in [0.15, 0.2) is 4.87 Å². The highest BCUT2D eigenvalue weighted by Crippen LogP contribution is 2.33. The molecule has 0 heterocycles. The molecule has 2 aromatic carbocycles. The zero-order valence-corrected chi connectivity index (χ0v) is 13.9. The summed E-state index contributed by atoms with van der Waals surface area (Å²) in [5.41, 5.74) is 1.22. The molecule has 0 aliphatic rings. The Morgan fingerprint density at radius 3 is 1.75 bits per heavy atom. The van der Waals surface area contributed by atoms with Gasteiger partial charge in [0.25, 0.3) is 0 Å². The number of esters is 1. The molecule has 0 N–H and O–H groups in total. The Bertz CT molecular complexity index is 705. The van der Waals surface area contributed by atoms with Gasteiger partial charge in [-0.1, -0.05) is 36.4 Å². The highest BCUT2D eigenvalue weighted by molar-refractivity contribution is 6.33. The van der Waals surface area contributed by atoms with Gasteiger partial charge in [0.05, 0.1) is 12.2 Å². The van der Waals surface area contributed by atoms with Gasteiger partial charge in [-0.05, 0) is 42.7 Å². The smallest absolute Gasteiger partial charge is 0.416 e. The minimum Gasteiger partial charge on any atom is -0.464 e. The summed E-state index contributed by atoms with van der Waals surface area (Å²) in [6.45, 7) is 3.46. The lowest BCUT2D eigenvalue weighted by Crippen LogP contribution is -2.28. The van der Waals surface area contributed by atoms with E-state index in [-0.39, 0.29) is 6.61 Å². The number of carbonyl (C=O) groups excluding carboxylic acids is 1. The minimum absolute atomic E-state index is 0.227. The molecule has 128 valence electrons. The molecule has 24 heavy (non-hydrogen) atoms. The number of carbonyl (C=O) groups is 1. The van der Waals surface area contributed by atoms with Gasteiger partial charge in [-0.25, -0.2) is 4.79 Å². The molecular weight excluding hydrogens is 341 g/mol. The van der Waals surface area contributed by atoms with Crippen LogP contribution in [0.4, 0.5) is 13.2 Å². The van der Waals surface area contributed by atoms with Crippen LogP contribution in [0.3, 0.4) is 0 Å². The molecule has 2 rings (SSSR count). The van der Waals surface area contributed by atoms with E-state index < -0.39 is 22.6 Å². The maximum Gasteiger partial charge on any atom is 0.416 e. The number of benzene rings is 2. The molecule has 6 heteroatoms. The molecule has 0 amide bonds. The molecule has 0 aromatic heterocycles. The van der Waals surface area contributed by atoms with Crippen molar-refractivity contribution in [2.24, 2.45) is 0 Å². The van der Waals surface area contributed by atoms with Crippen molar-refractivity contribution in [1.29, 1.82) is 0 Å². The zero-order valence-electron chi connectivity index (χ0n) is 13.2. The van der Waals surface area contributed by atoms with E-state index in [9.17, 15) is 18.0 Å². The van der Waals surface area contributed by atoms with Crippen LogP contribution in [0.5, 0.6) is 0 Å². The van der Waals surface area contributed by atoms with Crippen molar-refractivity contribution in [2.75, 3.05) is 6.61 Å². The van der Waals surface area contributed by atoms with E-state index in [0.29, 0.717) is 11.1 Å². The predicted octanol–water partition coefficient (Wildman–Crippen LogP) is 5.39. The van der Waals surface area contributed by atoms with Crippen molar-refractivity contribution in [3.05, 3.63) is 59.7 Å². The first kappa shape index (κ1) is 18.3. The molecule has 1 unspecified atom stereocenters. The average molecular weight is 357 g/mol. The summed E-state index contributed by atoms with van der Waals surface area (Å²) in [7, 11) is 0. The SMILES string of the molecule is CCOC(=O)C(C)(Cl)c1ccc(-c2ccc(C(F)(F)F)cc2)cc1. The van der Waals surface area contributed by atoms with Gasteiger partial charge in [0.1, 0.15) is 0 Å². The monoisotopic (exact) mass is 356 g/mol. The Balaban J connectivity index is 2.25. The van der Waals surface area contributed by atoms with E-state index in [1.54, 1.807) is 38.1 Å². The average Bonchev–Trinajstić information content (AvgIpc) is 2.54. The second-order valence-electron chi connectivity index (χ2n) is 5.38. The van der Waals surface area contributed by atoms with Gasteiger partial charge < -0.3 is 4.74 Å². The molecule has 0 saturated heterocycles. The number of rotatable bonds is 4. The summed E-state index contributed by atoms with van der Waals surface area (Å²) in [6.07, 6.45) is -4.36. The first-order valence-electron chi connectivity index (χ1n) is 7.30. The molecule has 0 radical (unpaired) electrons. The Hall–Kier alpha value is -2.01. The van der Waals surface area contributed by atoms with Gasteiger partial charge in [0.2, 0.25) is 0 Å². The van der Waals surface area contributed by atoms with E-state index in [1.807, 2.05) is 0 Å². The Morgan fingerprint density at radius 1 is 0.958 bits per heavy atom. The van der Waals surface area contributed by atoms with E-state index in [4.69, 9.17) is 16.3 Å². The van der Waals surface area contributed by atoms with Crippen LogP contribution >= 0.6 is 11.6 Å². The topological polar surface area (TPSA) is 26.3 Å². The number of hydrogen-bond acceptors (Lipinski definition) is 2. The van der Waals surface area contributed by atoms with Gasteiger partial charge in [-0.3, -0.25) is 0 Å². The third-order valence-electron chi connectivity index (χ3n) is 3.63. The molecule has 0 bridgehead atoms. The third-order valence-corrected chi connectivity index (χ3v) is 4.00. The quantitative estimate of drug-likeness (QED) is 0.542. The molecule has 2 aromatic rings. The zero-order chi connectivity index (χ0) is 18.0. The molecule has 0 aliphatic carbocycles. The number of halogens is 4. The third kappa shape index (κ3) is 3.90. The van der Waals surface area contributed by atoms with Crippen molar-refractivity contribution >= 4 is 17.6 Å². The fraction of sp³-hybridized carbons (Fsp3) is 0.278. The molecular formula is C18H16ClF3O2. The van der Waals surface area contributed by atoms with E-state index in [1.165, 1.54) is 12.1 Å². The summed E-state index contributed by atoms with van der Waals surface area (Å²) < 4.78 is 42.7. The van der Waals surface area contributed by atoms with Crippen molar-refractivity contribution in [1.82, 2.24) is 0 Å². The molecule has 0 fully saturated rings. The van der Waals surface area contributed by atoms with Crippen molar-refractivity contribution < 1.29 is 22.7 Å². The summed E-state index contributed by atoms with van der Waals surface area (Å²) in [5, 5.41) is 0. The number of alkyl halides is 4. The summed E-state index contributed by atoms with van der Waals surface area (Å²) >= 11 is 6.26. The van der Waals surface area contributed by atoms with Gasteiger partial charge in [-0.15, -0.1) is 11.6 Å². The van der Waals surface area contributed by atoms with Gasteiger partial charge >= 0.3 is 12.1 Å². The predicted molar refractivity (Wildman–Crippen MR) is 86.7 cm³/mol. The van der Waals surface area contributed by atoms with Crippen LogP contribution in [0.1, 0.15) is 25.0 Å². The van der Waals surface area contributed by atoms with Crippen LogP contribution in [0.15, 0.2) is 48.5 Å². The first-order chi connectivity index (χ1) is 11.2. The minimum atomic E-state index is -4.36. The number of hydrogen-bond donors (Lipinski definition) is 0. The standard InChI is InChI=1S/C18H16ClF3O2/c1-3-24-16(23)17(2,19)14-8-4-12(5-9-14)13-6-10-15(11-7-13)18(20,21)22/h4-11H,3H2,1-2H3. The Labute approximate surface area is 143 Å². The maximum absolute atomic E-state index is 12.6. The highest BCUT2D eigenvalue weighted by atomic mass is 35.5. The van der Waals surface area contributed by atoms with E-state index in [0.717, 1.165) is 17.7 Å². The molecule has 0 spiro atoms. The van der Waals surface area contributed by atoms with Crippen LogP contribution in [-0.4, -0.2) is 12.6 Å².